The molecule has 0 bridgehead atoms. The molecule has 2 rings (SSSR count). The minimum absolute atomic E-state index is 0.0451. The number of aromatic nitrogens is 1. The van der Waals surface area contributed by atoms with Crippen molar-refractivity contribution < 1.29 is 14.3 Å². The minimum Gasteiger partial charge on any atom is -0.455 e. The molecule has 24 heavy (non-hydrogen) atoms. The number of carbonyl (C=O) groups excluding carboxylic acids is 2. The quantitative estimate of drug-likeness (QED) is 0.785. The maximum absolute atomic E-state index is 11.8. The van der Waals surface area contributed by atoms with Crippen molar-refractivity contribution in [3.05, 3.63) is 56.7 Å². The van der Waals surface area contributed by atoms with Gasteiger partial charge in [-0.2, -0.15) is 0 Å². The van der Waals surface area contributed by atoms with Crippen molar-refractivity contribution in [2.24, 2.45) is 0 Å². The van der Waals surface area contributed by atoms with Crippen LogP contribution in [0.5, 0.6) is 0 Å². The van der Waals surface area contributed by atoms with Crippen molar-refractivity contribution in [1.82, 2.24) is 4.98 Å². The highest BCUT2D eigenvalue weighted by atomic mass is 35.5. The van der Waals surface area contributed by atoms with Gasteiger partial charge in [0.25, 0.3) is 5.91 Å². The number of ether oxygens (including phenoxy) is 1. The number of amides is 1. The number of esters is 1. The summed E-state index contributed by atoms with van der Waals surface area (Å²) >= 11 is 17.7. The van der Waals surface area contributed by atoms with Gasteiger partial charge in [0.05, 0.1) is 16.5 Å². The molecule has 0 atom stereocenters. The third kappa shape index (κ3) is 5.09. The zero-order valence-electron chi connectivity index (χ0n) is 12.6. The summed E-state index contributed by atoms with van der Waals surface area (Å²) in [5.41, 5.74) is 1.34. The van der Waals surface area contributed by atoms with Crippen molar-refractivity contribution >= 4 is 52.5 Å². The van der Waals surface area contributed by atoms with Gasteiger partial charge in [-0.15, -0.1) is 0 Å². The molecule has 0 saturated carbocycles. The SMILES string of the molecule is Cc1c(Cl)cnc(NC(=O)COC(=O)Cc2ccc(Cl)cc2)c1Cl. The zero-order valence-corrected chi connectivity index (χ0v) is 14.9. The Hall–Kier alpha value is -1.82. The Morgan fingerprint density at radius 1 is 1.17 bits per heavy atom. The number of nitrogens with zero attached hydrogens (tertiary/aromatic N) is 1. The topological polar surface area (TPSA) is 68.3 Å². The first-order chi connectivity index (χ1) is 11.4. The van der Waals surface area contributed by atoms with Gasteiger partial charge in [-0.3, -0.25) is 9.59 Å². The molecule has 1 aromatic carbocycles. The summed E-state index contributed by atoms with van der Waals surface area (Å²) in [6.45, 7) is 1.26. The lowest BCUT2D eigenvalue weighted by Crippen LogP contribution is -2.22. The standard InChI is InChI=1S/C16H13Cl3N2O3/c1-9-12(18)7-20-16(15(9)19)21-13(22)8-24-14(23)6-10-2-4-11(17)5-3-10/h2-5,7H,6,8H2,1H3,(H,20,21,22). The summed E-state index contributed by atoms with van der Waals surface area (Å²) in [6.07, 6.45) is 1.43. The molecule has 0 radical (unpaired) electrons. The average Bonchev–Trinajstić information content (AvgIpc) is 2.56. The number of carbonyl (C=O) groups is 2. The third-order valence-corrected chi connectivity index (χ3v) is 4.18. The fourth-order valence-corrected chi connectivity index (χ4v) is 2.29. The molecule has 5 nitrogen and oxygen atoms in total. The van der Waals surface area contributed by atoms with Crippen molar-refractivity contribution in [2.45, 2.75) is 13.3 Å². The van der Waals surface area contributed by atoms with E-state index in [0.717, 1.165) is 5.56 Å². The van der Waals surface area contributed by atoms with E-state index in [1.807, 2.05) is 0 Å². The normalized spacial score (nSPS) is 10.3. The zero-order chi connectivity index (χ0) is 17.7. The molecule has 0 unspecified atom stereocenters. The van der Waals surface area contributed by atoms with Gasteiger partial charge in [0.2, 0.25) is 0 Å². The van der Waals surface area contributed by atoms with Crippen LogP contribution < -0.4 is 5.32 Å². The van der Waals surface area contributed by atoms with Gasteiger partial charge in [-0.05, 0) is 30.2 Å². The Kier molecular flexibility index (Phi) is 6.43. The predicted octanol–water partition coefficient (Wildman–Crippen LogP) is 4.07. The molecule has 1 aromatic heterocycles. The summed E-state index contributed by atoms with van der Waals surface area (Å²) in [7, 11) is 0. The highest BCUT2D eigenvalue weighted by Crippen LogP contribution is 2.28. The molecule has 8 heteroatoms. The van der Waals surface area contributed by atoms with Gasteiger partial charge in [-0.25, -0.2) is 4.98 Å². The van der Waals surface area contributed by atoms with Crippen molar-refractivity contribution in [2.75, 3.05) is 11.9 Å². The van der Waals surface area contributed by atoms with E-state index in [0.29, 0.717) is 15.6 Å². The molecule has 0 saturated heterocycles. The van der Waals surface area contributed by atoms with Gasteiger partial charge in [0, 0.05) is 11.2 Å². The molecule has 2 aromatic rings. The molecule has 0 fully saturated rings. The largest absolute Gasteiger partial charge is 0.455 e. The monoisotopic (exact) mass is 386 g/mol. The Balaban J connectivity index is 1.86. The Bertz CT molecular complexity index is 764. The van der Waals surface area contributed by atoms with Gasteiger partial charge in [0.15, 0.2) is 12.4 Å². The lowest BCUT2D eigenvalue weighted by Gasteiger charge is -2.09. The van der Waals surface area contributed by atoms with E-state index >= 15 is 0 Å². The number of rotatable bonds is 5. The molecule has 126 valence electrons. The van der Waals surface area contributed by atoms with Crippen LogP contribution >= 0.6 is 34.8 Å². The van der Waals surface area contributed by atoms with Crippen molar-refractivity contribution in [3.8, 4) is 0 Å². The number of benzene rings is 1. The molecule has 1 amide bonds. The molecule has 0 aliphatic rings. The minimum atomic E-state index is -0.546. The Morgan fingerprint density at radius 2 is 1.83 bits per heavy atom. The fraction of sp³-hybridized carbons (Fsp3) is 0.188. The average molecular weight is 388 g/mol. The first kappa shape index (κ1) is 18.5. The van der Waals surface area contributed by atoms with Gasteiger partial charge in [-0.1, -0.05) is 46.9 Å². The molecule has 1 N–H and O–H groups in total. The van der Waals surface area contributed by atoms with Crippen LogP contribution in [-0.2, 0) is 20.7 Å². The van der Waals surface area contributed by atoms with E-state index in [-0.39, 0.29) is 17.3 Å². The lowest BCUT2D eigenvalue weighted by atomic mass is 10.1. The predicted molar refractivity (Wildman–Crippen MR) is 93.7 cm³/mol. The van der Waals surface area contributed by atoms with E-state index in [1.54, 1.807) is 31.2 Å². The molecular formula is C16H13Cl3N2O3. The van der Waals surface area contributed by atoms with E-state index < -0.39 is 18.5 Å². The number of pyridine rings is 1. The van der Waals surface area contributed by atoms with Crippen LogP contribution in [0, 0.1) is 6.92 Å². The summed E-state index contributed by atoms with van der Waals surface area (Å²) in [5, 5.41) is 3.68. The first-order valence-electron chi connectivity index (χ1n) is 6.87. The summed E-state index contributed by atoms with van der Waals surface area (Å²) in [6, 6.07) is 6.77. The summed E-state index contributed by atoms with van der Waals surface area (Å²) in [4.78, 5) is 27.5. The molecule has 0 aliphatic carbocycles. The highest BCUT2D eigenvalue weighted by molar-refractivity contribution is 6.37. The van der Waals surface area contributed by atoms with Crippen LogP contribution in [0.4, 0.5) is 5.82 Å². The van der Waals surface area contributed by atoms with Crippen LogP contribution in [0.15, 0.2) is 30.5 Å². The third-order valence-electron chi connectivity index (χ3n) is 3.09. The molecule has 0 spiro atoms. The van der Waals surface area contributed by atoms with Crippen LogP contribution in [0.3, 0.4) is 0 Å². The maximum Gasteiger partial charge on any atom is 0.310 e. The fourth-order valence-electron chi connectivity index (χ4n) is 1.78. The highest BCUT2D eigenvalue weighted by Gasteiger charge is 2.13. The number of hydrogen-bond donors (Lipinski definition) is 1. The number of halogens is 3. The molecule has 1 heterocycles. The van der Waals surface area contributed by atoms with Crippen molar-refractivity contribution in [3.63, 3.8) is 0 Å². The first-order valence-corrected chi connectivity index (χ1v) is 8.00. The number of hydrogen-bond acceptors (Lipinski definition) is 4. The Morgan fingerprint density at radius 3 is 2.50 bits per heavy atom. The second-order valence-electron chi connectivity index (χ2n) is 4.91. The van der Waals surface area contributed by atoms with Crippen LogP contribution in [-0.4, -0.2) is 23.5 Å². The van der Waals surface area contributed by atoms with Gasteiger partial charge < -0.3 is 10.1 Å². The van der Waals surface area contributed by atoms with Crippen LogP contribution in [0.1, 0.15) is 11.1 Å². The van der Waals surface area contributed by atoms with Crippen LogP contribution in [0.2, 0.25) is 15.1 Å². The lowest BCUT2D eigenvalue weighted by molar-refractivity contribution is -0.146. The van der Waals surface area contributed by atoms with E-state index in [9.17, 15) is 9.59 Å². The summed E-state index contributed by atoms with van der Waals surface area (Å²) < 4.78 is 4.92. The molecule has 0 aliphatic heterocycles. The van der Waals surface area contributed by atoms with E-state index in [1.165, 1.54) is 6.20 Å². The summed E-state index contributed by atoms with van der Waals surface area (Å²) in [5.74, 6) is -0.910. The van der Waals surface area contributed by atoms with E-state index in [4.69, 9.17) is 39.5 Å². The smallest absolute Gasteiger partial charge is 0.310 e. The van der Waals surface area contributed by atoms with Gasteiger partial charge in [0.1, 0.15) is 0 Å². The number of anilines is 1. The Labute approximate surface area is 153 Å². The van der Waals surface area contributed by atoms with Crippen molar-refractivity contribution in [1.29, 1.82) is 0 Å². The van der Waals surface area contributed by atoms with E-state index in [2.05, 4.69) is 10.3 Å². The van der Waals surface area contributed by atoms with Crippen LogP contribution in [0.25, 0.3) is 0 Å². The van der Waals surface area contributed by atoms with Gasteiger partial charge >= 0.3 is 5.97 Å². The second-order valence-corrected chi connectivity index (χ2v) is 6.13. The molecular weight excluding hydrogens is 375 g/mol. The second kappa shape index (κ2) is 8.33. The maximum atomic E-state index is 11.8. The number of nitrogens with one attached hydrogen (secondary N) is 1.